The van der Waals surface area contributed by atoms with Gasteiger partial charge in [0.1, 0.15) is 5.69 Å². The first kappa shape index (κ1) is 14.9. The Labute approximate surface area is 132 Å². The minimum Gasteiger partial charge on any atom is -0.396 e. The quantitative estimate of drug-likeness (QED) is 0.763. The van der Waals surface area contributed by atoms with Crippen LogP contribution in [-0.2, 0) is 0 Å². The van der Waals surface area contributed by atoms with Crippen molar-refractivity contribution < 1.29 is 9.90 Å². The largest absolute Gasteiger partial charge is 0.396 e. The lowest BCUT2D eigenvalue weighted by Gasteiger charge is -2.17. The molecule has 6 nitrogen and oxygen atoms in total. The molecule has 0 radical (unpaired) electrons. The van der Waals surface area contributed by atoms with Crippen molar-refractivity contribution >= 4 is 23.3 Å². The Hall–Kier alpha value is -1.99. The minimum atomic E-state index is -0.228. The van der Waals surface area contributed by atoms with Crippen LogP contribution in [0.4, 0.5) is 10.5 Å². The zero-order valence-corrected chi connectivity index (χ0v) is 12.8. The van der Waals surface area contributed by atoms with Crippen molar-refractivity contribution in [3.63, 3.8) is 0 Å². The van der Waals surface area contributed by atoms with Crippen LogP contribution in [0.5, 0.6) is 0 Å². The van der Waals surface area contributed by atoms with Gasteiger partial charge in [0.05, 0.1) is 0 Å². The fraction of sp³-hybridized carbons (Fsp3) is 0.400. The van der Waals surface area contributed by atoms with E-state index in [1.807, 2.05) is 29.6 Å². The number of hydrogen-bond acceptors (Lipinski definition) is 5. The topological polar surface area (TPSA) is 87.1 Å². The van der Waals surface area contributed by atoms with Crippen LogP contribution in [0.25, 0.3) is 11.3 Å². The van der Waals surface area contributed by atoms with Crippen LogP contribution in [-0.4, -0.2) is 33.4 Å². The Kier molecular flexibility index (Phi) is 4.65. The number of nitrogens with one attached hydrogen (secondary N) is 2. The fourth-order valence-corrected chi connectivity index (χ4v) is 2.88. The molecule has 116 valence electrons. The van der Waals surface area contributed by atoms with Gasteiger partial charge in [0.15, 0.2) is 0 Å². The molecule has 0 bridgehead atoms. The van der Waals surface area contributed by atoms with Crippen molar-refractivity contribution in [2.45, 2.75) is 25.3 Å². The maximum absolute atomic E-state index is 12.0. The van der Waals surface area contributed by atoms with Crippen LogP contribution >= 0.6 is 11.5 Å². The van der Waals surface area contributed by atoms with E-state index in [-0.39, 0.29) is 18.7 Å². The van der Waals surface area contributed by atoms with Crippen molar-refractivity contribution in [3.05, 3.63) is 29.6 Å². The van der Waals surface area contributed by atoms with Crippen molar-refractivity contribution in [1.82, 2.24) is 14.9 Å². The molecular weight excluding hydrogens is 300 g/mol. The lowest BCUT2D eigenvalue weighted by atomic mass is 10.1. The van der Waals surface area contributed by atoms with E-state index < -0.39 is 0 Å². The summed E-state index contributed by atoms with van der Waals surface area (Å²) in [5.74, 6) is 0.512. The monoisotopic (exact) mass is 318 g/mol. The molecular formula is C15H18N4O2S. The number of urea groups is 1. The molecule has 0 spiro atoms. The maximum Gasteiger partial charge on any atom is 0.319 e. The molecule has 2 aromatic rings. The number of aromatic nitrogens is 2. The molecule has 0 aliphatic heterocycles. The van der Waals surface area contributed by atoms with E-state index >= 15 is 0 Å². The highest BCUT2D eigenvalue weighted by Crippen LogP contribution is 2.33. The lowest BCUT2D eigenvalue weighted by molar-refractivity contribution is 0.234. The number of carbonyl (C=O) groups excluding carboxylic acids is 1. The van der Waals surface area contributed by atoms with Crippen LogP contribution in [0.1, 0.15) is 19.3 Å². The Balaban J connectivity index is 1.57. The summed E-state index contributed by atoms with van der Waals surface area (Å²) in [7, 11) is 0. The van der Waals surface area contributed by atoms with Gasteiger partial charge in [-0.2, -0.15) is 0 Å². The Bertz CT molecular complexity index is 611. The summed E-state index contributed by atoms with van der Waals surface area (Å²) >= 11 is 1.31. The van der Waals surface area contributed by atoms with E-state index in [2.05, 4.69) is 20.2 Å². The second-order valence-electron chi connectivity index (χ2n) is 5.42. The third-order valence-corrected chi connectivity index (χ3v) is 4.25. The van der Waals surface area contributed by atoms with E-state index in [9.17, 15) is 4.79 Å². The Morgan fingerprint density at radius 2 is 2.14 bits per heavy atom. The Morgan fingerprint density at radius 1 is 1.36 bits per heavy atom. The van der Waals surface area contributed by atoms with Gasteiger partial charge in [-0.3, -0.25) is 0 Å². The van der Waals surface area contributed by atoms with Crippen LogP contribution in [0.15, 0.2) is 29.6 Å². The van der Waals surface area contributed by atoms with Crippen LogP contribution in [0.2, 0.25) is 0 Å². The summed E-state index contributed by atoms with van der Waals surface area (Å²) in [4.78, 5) is 12.0. The average molecular weight is 318 g/mol. The van der Waals surface area contributed by atoms with Gasteiger partial charge in [-0.15, -0.1) is 5.10 Å². The van der Waals surface area contributed by atoms with Crippen LogP contribution < -0.4 is 10.6 Å². The molecule has 1 aliphatic rings. The van der Waals surface area contributed by atoms with Gasteiger partial charge < -0.3 is 15.7 Å². The van der Waals surface area contributed by atoms with E-state index in [0.29, 0.717) is 12.3 Å². The van der Waals surface area contributed by atoms with Gasteiger partial charge in [-0.25, -0.2) is 4.79 Å². The molecule has 1 fully saturated rings. The number of carbonyl (C=O) groups is 1. The highest BCUT2D eigenvalue weighted by Gasteiger charge is 2.31. The zero-order chi connectivity index (χ0) is 15.4. The van der Waals surface area contributed by atoms with E-state index in [1.165, 1.54) is 11.5 Å². The number of benzene rings is 1. The summed E-state index contributed by atoms with van der Waals surface area (Å²) in [6.45, 7) is 0.0951. The van der Waals surface area contributed by atoms with Crippen molar-refractivity contribution in [3.8, 4) is 11.3 Å². The summed E-state index contributed by atoms with van der Waals surface area (Å²) in [5, 5.41) is 20.7. The van der Waals surface area contributed by atoms with Crippen molar-refractivity contribution in [1.29, 1.82) is 0 Å². The summed E-state index contributed by atoms with van der Waals surface area (Å²) in [5.41, 5.74) is 2.52. The fourth-order valence-electron chi connectivity index (χ4n) is 2.41. The summed E-state index contributed by atoms with van der Waals surface area (Å²) in [6, 6.07) is 7.31. The third kappa shape index (κ3) is 3.80. The molecule has 7 heteroatoms. The van der Waals surface area contributed by atoms with Gasteiger partial charge in [-0.05, 0) is 48.8 Å². The van der Waals surface area contributed by atoms with E-state index in [1.54, 1.807) is 0 Å². The number of aliphatic hydroxyl groups excluding tert-OH is 1. The van der Waals surface area contributed by atoms with Gasteiger partial charge >= 0.3 is 6.03 Å². The van der Waals surface area contributed by atoms with Gasteiger partial charge in [-0.1, -0.05) is 16.6 Å². The smallest absolute Gasteiger partial charge is 0.319 e. The molecule has 1 heterocycles. The molecule has 1 atom stereocenters. The number of hydrogen-bond donors (Lipinski definition) is 3. The van der Waals surface area contributed by atoms with Gasteiger partial charge in [0, 0.05) is 29.3 Å². The molecule has 2 amide bonds. The first-order valence-corrected chi connectivity index (χ1v) is 8.16. The zero-order valence-electron chi connectivity index (χ0n) is 12.0. The predicted molar refractivity (Wildman–Crippen MR) is 85.7 cm³/mol. The number of rotatable bonds is 6. The third-order valence-electron chi connectivity index (χ3n) is 3.75. The minimum absolute atomic E-state index is 0.0605. The highest BCUT2D eigenvalue weighted by atomic mass is 32.1. The van der Waals surface area contributed by atoms with Crippen LogP contribution in [0, 0.1) is 5.92 Å². The first-order valence-electron chi connectivity index (χ1n) is 7.32. The molecule has 0 saturated heterocycles. The Morgan fingerprint density at radius 3 is 2.73 bits per heavy atom. The summed E-state index contributed by atoms with van der Waals surface area (Å²) < 4.78 is 3.83. The first-order chi connectivity index (χ1) is 10.8. The van der Waals surface area contributed by atoms with Crippen molar-refractivity contribution in [2.24, 2.45) is 5.92 Å². The van der Waals surface area contributed by atoms with E-state index in [0.717, 1.165) is 29.8 Å². The standard InChI is InChI=1S/C15H18N4O2S/c20-8-7-13(10-1-2-10)17-15(21)16-12-5-3-11(4-6-12)14-9-22-19-18-14/h3-6,9-10,13,20H,1-2,7-8H2,(H2,16,17,21)/t13-/m1/s1. The second-order valence-corrected chi connectivity index (χ2v) is 6.03. The van der Waals surface area contributed by atoms with E-state index in [4.69, 9.17) is 5.11 Å². The number of anilines is 1. The molecule has 1 aromatic heterocycles. The molecule has 1 aliphatic carbocycles. The molecule has 1 saturated carbocycles. The summed E-state index contributed by atoms with van der Waals surface area (Å²) in [6.07, 6.45) is 2.86. The number of aliphatic hydroxyl groups is 1. The molecule has 3 rings (SSSR count). The predicted octanol–water partition coefficient (Wildman–Crippen LogP) is 2.49. The number of amides is 2. The second kappa shape index (κ2) is 6.85. The van der Waals surface area contributed by atoms with Crippen molar-refractivity contribution in [2.75, 3.05) is 11.9 Å². The highest BCUT2D eigenvalue weighted by molar-refractivity contribution is 7.03. The molecule has 1 aromatic carbocycles. The van der Waals surface area contributed by atoms with Gasteiger partial charge in [0.2, 0.25) is 0 Å². The lowest BCUT2D eigenvalue weighted by Crippen LogP contribution is -2.39. The number of nitrogens with zero attached hydrogens (tertiary/aromatic N) is 2. The molecule has 3 N–H and O–H groups in total. The maximum atomic E-state index is 12.0. The van der Waals surface area contributed by atoms with Crippen LogP contribution in [0.3, 0.4) is 0 Å². The normalized spacial score (nSPS) is 15.3. The molecule has 22 heavy (non-hydrogen) atoms. The SMILES string of the molecule is O=C(Nc1ccc(-c2csnn2)cc1)N[C@H](CCO)C1CC1. The molecule has 0 unspecified atom stereocenters. The average Bonchev–Trinajstić information content (AvgIpc) is 3.22. The van der Waals surface area contributed by atoms with Gasteiger partial charge in [0.25, 0.3) is 0 Å².